The van der Waals surface area contributed by atoms with Crippen LogP contribution >= 0.6 is 22.7 Å². The van der Waals surface area contributed by atoms with Gasteiger partial charge in [0, 0.05) is 12.3 Å². The first-order valence-corrected chi connectivity index (χ1v) is 8.09. The molecule has 0 aliphatic carbocycles. The van der Waals surface area contributed by atoms with E-state index in [4.69, 9.17) is 5.26 Å². The van der Waals surface area contributed by atoms with Crippen molar-refractivity contribution in [1.29, 1.82) is 5.26 Å². The van der Waals surface area contributed by atoms with Gasteiger partial charge in [-0.25, -0.2) is 13.4 Å². The molecular formula is C10H7N3O3S3. The number of carbonyl (C=O) groups excluding carboxylic acids is 1. The molecule has 1 N–H and O–H groups in total. The van der Waals surface area contributed by atoms with Crippen LogP contribution in [0.25, 0.3) is 0 Å². The summed E-state index contributed by atoms with van der Waals surface area (Å²) in [7, 11) is -3.76. The minimum absolute atomic E-state index is 0.0311. The van der Waals surface area contributed by atoms with Crippen LogP contribution in [0.15, 0.2) is 21.7 Å². The number of carbonyl (C=O) groups is 1. The molecule has 0 aliphatic heterocycles. The lowest BCUT2D eigenvalue weighted by molar-refractivity contribution is 0.101. The van der Waals surface area contributed by atoms with Crippen molar-refractivity contribution in [3.8, 4) is 6.07 Å². The summed E-state index contributed by atoms with van der Waals surface area (Å²) in [5.74, 6) is -0.232. The second-order valence-corrected chi connectivity index (χ2v) is 7.28. The SMILES string of the molecule is CC(=O)c1csc(NS(=O)(=O)c2ccc(C#N)s2)n1. The first-order valence-electron chi connectivity index (χ1n) is 4.91. The summed E-state index contributed by atoms with van der Waals surface area (Å²) in [5.41, 5.74) is 0.214. The number of ketones is 1. The van der Waals surface area contributed by atoms with Crippen molar-refractivity contribution in [2.24, 2.45) is 0 Å². The number of thiophene rings is 1. The fraction of sp³-hybridized carbons (Fsp3) is 0.100. The van der Waals surface area contributed by atoms with E-state index in [0.717, 1.165) is 22.7 Å². The molecule has 0 atom stereocenters. The largest absolute Gasteiger partial charge is 0.293 e. The molecule has 2 aromatic heterocycles. The van der Waals surface area contributed by atoms with Gasteiger partial charge in [0.1, 0.15) is 20.8 Å². The number of hydrogen-bond acceptors (Lipinski definition) is 7. The minimum atomic E-state index is -3.76. The lowest BCUT2D eigenvalue weighted by Crippen LogP contribution is -2.11. The molecule has 0 amide bonds. The van der Waals surface area contributed by atoms with Crippen LogP contribution in [0, 0.1) is 11.3 Å². The topological polar surface area (TPSA) is 99.9 Å². The van der Waals surface area contributed by atoms with Crippen molar-refractivity contribution in [3.05, 3.63) is 28.1 Å². The molecule has 0 aromatic carbocycles. The third-order valence-corrected chi connectivity index (χ3v) is 5.75. The normalized spacial score (nSPS) is 10.9. The molecule has 0 spiro atoms. The van der Waals surface area contributed by atoms with Gasteiger partial charge in [0.15, 0.2) is 10.9 Å². The number of nitriles is 1. The van der Waals surface area contributed by atoms with Gasteiger partial charge in [0.05, 0.1) is 0 Å². The van der Waals surface area contributed by atoms with E-state index in [-0.39, 0.29) is 20.8 Å². The van der Waals surface area contributed by atoms with Crippen LogP contribution < -0.4 is 4.72 Å². The van der Waals surface area contributed by atoms with Gasteiger partial charge in [0.2, 0.25) is 0 Å². The molecule has 2 rings (SSSR count). The summed E-state index contributed by atoms with van der Waals surface area (Å²) in [5, 5.41) is 10.3. The van der Waals surface area contributed by atoms with E-state index >= 15 is 0 Å². The molecule has 19 heavy (non-hydrogen) atoms. The number of sulfonamides is 1. The maximum absolute atomic E-state index is 12.0. The zero-order valence-electron chi connectivity index (χ0n) is 9.58. The van der Waals surface area contributed by atoms with E-state index in [1.807, 2.05) is 6.07 Å². The van der Waals surface area contributed by atoms with Crippen molar-refractivity contribution in [3.63, 3.8) is 0 Å². The molecule has 0 saturated carbocycles. The Hall–Kier alpha value is -1.76. The molecule has 0 bridgehead atoms. The third kappa shape index (κ3) is 2.98. The summed E-state index contributed by atoms with van der Waals surface area (Å²) in [4.78, 5) is 15.2. The maximum atomic E-state index is 12.0. The van der Waals surface area contributed by atoms with E-state index in [1.165, 1.54) is 24.4 Å². The first kappa shape index (κ1) is 13.7. The zero-order valence-corrected chi connectivity index (χ0v) is 12.0. The highest BCUT2D eigenvalue weighted by molar-refractivity contribution is 7.94. The van der Waals surface area contributed by atoms with Crippen LogP contribution in [0.5, 0.6) is 0 Å². The second-order valence-electron chi connectivity index (χ2n) is 3.43. The predicted octanol–water partition coefficient (Wildman–Crippen LogP) is 2.08. The molecular weight excluding hydrogens is 306 g/mol. The van der Waals surface area contributed by atoms with E-state index in [1.54, 1.807) is 0 Å². The molecule has 6 nitrogen and oxygen atoms in total. The Balaban J connectivity index is 2.26. The number of hydrogen-bond donors (Lipinski definition) is 1. The summed E-state index contributed by atoms with van der Waals surface area (Å²) in [6.45, 7) is 1.35. The van der Waals surface area contributed by atoms with E-state index in [0.29, 0.717) is 4.88 Å². The predicted molar refractivity (Wildman–Crippen MR) is 72.0 cm³/mol. The molecule has 0 unspecified atom stereocenters. The zero-order chi connectivity index (χ0) is 14.0. The van der Waals surface area contributed by atoms with Gasteiger partial charge < -0.3 is 0 Å². The Kier molecular flexibility index (Phi) is 3.66. The number of Topliss-reactive ketones (excluding diaryl/α,β-unsaturated/α-hetero) is 1. The summed E-state index contributed by atoms with van der Waals surface area (Å²) in [6, 6.07) is 4.66. The van der Waals surface area contributed by atoms with Crippen molar-refractivity contribution in [2.45, 2.75) is 11.1 Å². The highest BCUT2D eigenvalue weighted by atomic mass is 32.2. The molecule has 9 heteroatoms. The van der Waals surface area contributed by atoms with Crippen molar-refractivity contribution in [2.75, 3.05) is 4.72 Å². The minimum Gasteiger partial charge on any atom is -0.293 e. The number of nitrogens with zero attached hydrogens (tertiary/aromatic N) is 2. The van der Waals surface area contributed by atoms with E-state index in [2.05, 4.69) is 9.71 Å². The van der Waals surface area contributed by atoms with Gasteiger partial charge in [-0.2, -0.15) is 5.26 Å². The van der Waals surface area contributed by atoms with Crippen LogP contribution in [0.4, 0.5) is 5.13 Å². The summed E-state index contributed by atoms with van der Waals surface area (Å²) < 4.78 is 26.3. The van der Waals surface area contributed by atoms with Crippen molar-refractivity contribution < 1.29 is 13.2 Å². The van der Waals surface area contributed by atoms with Crippen LogP contribution in [-0.2, 0) is 10.0 Å². The molecule has 0 fully saturated rings. The fourth-order valence-electron chi connectivity index (χ4n) is 1.17. The standard InChI is InChI=1S/C10H7N3O3S3/c1-6(14)8-5-17-10(12-8)13-19(15,16)9-3-2-7(4-11)18-9/h2-3,5H,1H3,(H,12,13). The van der Waals surface area contributed by atoms with Gasteiger partial charge in [0.25, 0.3) is 10.0 Å². The molecule has 0 saturated heterocycles. The smallest absolute Gasteiger partial charge is 0.273 e. The van der Waals surface area contributed by atoms with Crippen LogP contribution in [0.2, 0.25) is 0 Å². The second kappa shape index (κ2) is 5.08. The number of rotatable bonds is 4. The Labute approximate surface area is 117 Å². The van der Waals surface area contributed by atoms with Crippen molar-refractivity contribution >= 4 is 43.6 Å². The molecule has 2 aromatic rings. The quantitative estimate of drug-likeness (QED) is 0.871. The fourth-order valence-corrected chi connectivity index (χ4v) is 4.28. The monoisotopic (exact) mass is 313 g/mol. The number of nitrogens with one attached hydrogen (secondary N) is 1. The molecule has 0 radical (unpaired) electrons. The Morgan fingerprint density at radius 1 is 1.47 bits per heavy atom. The molecule has 2 heterocycles. The Morgan fingerprint density at radius 2 is 2.21 bits per heavy atom. The van der Waals surface area contributed by atoms with E-state index in [9.17, 15) is 13.2 Å². The van der Waals surface area contributed by atoms with Crippen molar-refractivity contribution in [1.82, 2.24) is 4.98 Å². The summed E-state index contributed by atoms with van der Waals surface area (Å²) >= 11 is 1.90. The van der Waals surface area contributed by atoms with Crippen LogP contribution in [0.1, 0.15) is 22.3 Å². The van der Waals surface area contributed by atoms with Gasteiger partial charge >= 0.3 is 0 Å². The lowest BCUT2D eigenvalue weighted by Gasteiger charge is -2.01. The van der Waals surface area contributed by atoms with Crippen LogP contribution in [-0.4, -0.2) is 19.2 Å². The first-order chi connectivity index (χ1) is 8.92. The Bertz CT molecular complexity index is 767. The Morgan fingerprint density at radius 3 is 2.74 bits per heavy atom. The molecule has 98 valence electrons. The third-order valence-electron chi connectivity index (χ3n) is 2.04. The number of aromatic nitrogens is 1. The van der Waals surface area contributed by atoms with E-state index < -0.39 is 10.0 Å². The average molecular weight is 313 g/mol. The highest BCUT2D eigenvalue weighted by Gasteiger charge is 2.19. The van der Waals surface area contributed by atoms with Gasteiger partial charge in [-0.15, -0.1) is 22.7 Å². The lowest BCUT2D eigenvalue weighted by atomic mass is 10.4. The highest BCUT2D eigenvalue weighted by Crippen LogP contribution is 2.25. The van der Waals surface area contributed by atoms with Gasteiger partial charge in [-0.05, 0) is 12.1 Å². The summed E-state index contributed by atoms with van der Waals surface area (Å²) in [6.07, 6.45) is 0. The van der Waals surface area contributed by atoms with Gasteiger partial charge in [-0.1, -0.05) is 0 Å². The van der Waals surface area contributed by atoms with Crippen LogP contribution in [0.3, 0.4) is 0 Å². The number of anilines is 1. The maximum Gasteiger partial charge on any atom is 0.273 e. The van der Waals surface area contributed by atoms with Gasteiger partial charge in [-0.3, -0.25) is 9.52 Å². The average Bonchev–Trinajstić information content (AvgIpc) is 2.96. The number of thiazole rings is 1. The molecule has 0 aliphatic rings.